The Morgan fingerprint density at radius 3 is 2.59 bits per heavy atom. The van der Waals surface area contributed by atoms with Crippen molar-refractivity contribution in [2.24, 2.45) is 0 Å². The summed E-state index contributed by atoms with van der Waals surface area (Å²) in [4.78, 5) is 8.53. The van der Waals surface area contributed by atoms with E-state index in [0.29, 0.717) is 11.5 Å². The van der Waals surface area contributed by atoms with Crippen LogP contribution in [0.3, 0.4) is 0 Å². The van der Waals surface area contributed by atoms with Gasteiger partial charge >= 0.3 is 0 Å². The van der Waals surface area contributed by atoms with Gasteiger partial charge in [0, 0.05) is 24.7 Å². The Morgan fingerprint density at radius 2 is 1.83 bits per heavy atom. The zero-order valence-corrected chi connectivity index (χ0v) is 17.4. The van der Waals surface area contributed by atoms with E-state index in [1.807, 2.05) is 24.3 Å². The van der Waals surface area contributed by atoms with Crippen LogP contribution in [0.2, 0.25) is 0 Å². The van der Waals surface area contributed by atoms with E-state index in [2.05, 4.69) is 33.7 Å². The van der Waals surface area contributed by atoms with Crippen molar-refractivity contribution >= 4 is 11.5 Å². The highest BCUT2D eigenvalue weighted by Gasteiger charge is 2.16. The van der Waals surface area contributed by atoms with Gasteiger partial charge in [-0.15, -0.1) is 0 Å². The number of unbranched alkanes of at least 4 members (excludes halogenated alkanes) is 3. The lowest BCUT2D eigenvalue weighted by atomic mass is 10.1. The van der Waals surface area contributed by atoms with Crippen LogP contribution < -0.4 is 14.8 Å². The van der Waals surface area contributed by atoms with Gasteiger partial charge in [-0.3, -0.25) is 4.40 Å². The Hall–Kier alpha value is -3.20. The topological polar surface area (TPSA) is 52.2 Å². The Morgan fingerprint density at radius 1 is 1.03 bits per heavy atom. The third kappa shape index (κ3) is 4.80. The van der Waals surface area contributed by atoms with Crippen molar-refractivity contribution < 1.29 is 9.47 Å². The predicted molar refractivity (Wildman–Crippen MR) is 119 cm³/mol. The number of aromatic nitrogens is 2. The van der Waals surface area contributed by atoms with Crippen LogP contribution >= 0.6 is 0 Å². The molecule has 2 heterocycles. The maximum atomic E-state index is 5.48. The lowest BCUT2D eigenvalue weighted by Crippen LogP contribution is -2.05. The monoisotopic (exact) mass is 393 g/mol. The number of anilines is 1. The fraction of sp³-hybridized carbons (Fsp3) is 0.391. The quantitative estimate of drug-likeness (QED) is 0.477. The molecule has 0 bridgehead atoms. The molecule has 0 unspecified atom stereocenters. The average Bonchev–Trinajstić information content (AvgIpc) is 3.10. The van der Waals surface area contributed by atoms with E-state index in [9.17, 15) is 0 Å². The Balaban J connectivity index is 1.87. The second kappa shape index (κ2) is 9.83. The molecule has 0 aliphatic rings. The second-order valence-electron chi connectivity index (χ2n) is 7.06. The number of pyridine rings is 1. The van der Waals surface area contributed by atoms with E-state index in [-0.39, 0.29) is 0 Å². The van der Waals surface area contributed by atoms with Crippen LogP contribution in [-0.4, -0.2) is 36.7 Å². The van der Waals surface area contributed by atoms with Gasteiger partial charge < -0.3 is 14.8 Å². The lowest BCUT2D eigenvalue weighted by molar-refractivity contribution is 0.355. The second-order valence-corrected chi connectivity index (χ2v) is 7.06. The normalized spacial score (nSPS) is 10.7. The molecule has 0 amide bonds. The van der Waals surface area contributed by atoms with Crippen molar-refractivity contribution in [1.29, 1.82) is 0 Å². The van der Waals surface area contributed by atoms with Crippen LogP contribution in [0.1, 0.15) is 31.2 Å². The van der Waals surface area contributed by atoms with Crippen molar-refractivity contribution in [3.63, 3.8) is 0 Å². The molecule has 0 aliphatic heterocycles. The first-order valence-electron chi connectivity index (χ1n) is 9.99. The van der Waals surface area contributed by atoms with Crippen LogP contribution in [0.5, 0.6) is 11.5 Å². The highest BCUT2D eigenvalue weighted by atomic mass is 16.5. The molecule has 6 heteroatoms. The molecule has 0 aliphatic carbocycles. The van der Waals surface area contributed by atoms with Gasteiger partial charge in [0.15, 0.2) is 11.5 Å². The lowest BCUT2D eigenvalue weighted by Gasteiger charge is -2.11. The smallest absolute Gasteiger partial charge is 0.263 e. The molecular formula is C23H29N4O2+. The minimum atomic E-state index is 0.689. The largest absolute Gasteiger partial charge is 0.493 e. The number of nitrogens with zero attached hydrogens (tertiary/aromatic N) is 3. The van der Waals surface area contributed by atoms with Gasteiger partial charge in [0.1, 0.15) is 17.2 Å². The molecule has 152 valence electrons. The molecule has 0 fully saturated rings. The van der Waals surface area contributed by atoms with Gasteiger partial charge in [-0.25, -0.2) is 4.98 Å². The third-order valence-electron chi connectivity index (χ3n) is 4.93. The minimum absolute atomic E-state index is 0.689. The van der Waals surface area contributed by atoms with Crippen LogP contribution in [0.15, 0.2) is 36.5 Å². The summed E-state index contributed by atoms with van der Waals surface area (Å²) in [5.41, 5.74) is 3.98. The standard InChI is InChI=1S/C23H29N4O2/c1-17-9-12-21-26-22(18-10-11-19(28-3)20(15-18)29-4)23(27(21)16-17)25-14-8-6-5-7-13-24-2/h2,9-12,15-16,25H,5-8,13-14H2,1,3-4H3/q+1. The summed E-state index contributed by atoms with van der Waals surface area (Å²) in [6, 6.07) is 10.0. The first-order valence-corrected chi connectivity index (χ1v) is 9.99. The van der Waals surface area contributed by atoms with E-state index < -0.39 is 0 Å². The third-order valence-corrected chi connectivity index (χ3v) is 4.93. The molecule has 29 heavy (non-hydrogen) atoms. The molecule has 2 aromatic heterocycles. The predicted octanol–water partition coefficient (Wildman–Crippen LogP) is 5.26. The summed E-state index contributed by atoms with van der Waals surface area (Å²) < 4.78 is 13.0. The first kappa shape index (κ1) is 20.5. The van der Waals surface area contributed by atoms with E-state index in [1.54, 1.807) is 14.2 Å². The van der Waals surface area contributed by atoms with Crippen LogP contribution in [0.4, 0.5) is 5.82 Å². The molecule has 1 N–H and O–H groups in total. The summed E-state index contributed by atoms with van der Waals surface area (Å²) in [5, 5.41) is 3.60. The number of hydrogen-bond donors (Lipinski definition) is 1. The first-order chi connectivity index (χ1) is 14.2. The van der Waals surface area contributed by atoms with Crippen molar-refractivity contribution in [2.45, 2.75) is 32.6 Å². The van der Waals surface area contributed by atoms with E-state index in [1.165, 1.54) is 5.56 Å². The highest BCUT2D eigenvalue weighted by Crippen LogP contribution is 2.35. The summed E-state index contributed by atoms with van der Waals surface area (Å²) in [6.45, 7) is 8.90. The molecule has 3 rings (SSSR count). The van der Waals surface area contributed by atoms with Crippen molar-refractivity contribution in [3.05, 3.63) is 46.9 Å². The maximum Gasteiger partial charge on any atom is 0.263 e. The minimum Gasteiger partial charge on any atom is -0.493 e. The zero-order chi connectivity index (χ0) is 20.6. The van der Waals surface area contributed by atoms with Gasteiger partial charge in [0.2, 0.25) is 0 Å². The number of nitrogens with one attached hydrogen (secondary N) is 1. The average molecular weight is 394 g/mol. The van der Waals surface area contributed by atoms with E-state index in [0.717, 1.165) is 61.5 Å². The molecule has 1 aromatic carbocycles. The van der Waals surface area contributed by atoms with Gasteiger partial charge in [-0.2, -0.15) is 0 Å². The van der Waals surface area contributed by atoms with Crippen molar-refractivity contribution in [2.75, 3.05) is 32.6 Å². The van der Waals surface area contributed by atoms with Gasteiger partial charge in [0.25, 0.3) is 13.1 Å². The Bertz CT molecular complexity index is 1000. The molecule has 0 radical (unpaired) electrons. The SMILES string of the molecule is C#[N+]CCCCCCNc1c(-c2ccc(OC)c(OC)c2)nc2ccc(C)cn12. The van der Waals surface area contributed by atoms with Crippen LogP contribution in [0, 0.1) is 13.5 Å². The molecule has 6 nitrogen and oxygen atoms in total. The molecule has 0 saturated carbocycles. The number of aryl methyl sites for hydroxylation is 1. The highest BCUT2D eigenvalue weighted by molar-refractivity contribution is 5.78. The molecule has 0 atom stereocenters. The number of hydrogen-bond acceptors (Lipinski definition) is 4. The van der Waals surface area contributed by atoms with Crippen molar-refractivity contribution in [3.8, 4) is 29.3 Å². The summed E-state index contributed by atoms with van der Waals surface area (Å²) in [7, 11) is 3.28. The molecule has 0 spiro atoms. The van der Waals surface area contributed by atoms with E-state index >= 15 is 0 Å². The zero-order valence-electron chi connectivity index (χ0n) is 17.4. The fourth-order valence-corrected chi connectivity index (χ4v) is 3.39. The van der Waals surface area contributed by atoms with Crippen molar-refractivity contribution in [1.82, 2.24) is 9.38 Å². The molecule has 3 aromatic rings. The number of benzene rings is 1. The Labute approximate surface area is 172 Å². The number of ether oxygens (including phenoxy) is 2. The number of fused-ring (bicyclic) bond motifs is 1. The molecular weight excluding hydrogens is 364 g/mol. The van der Waals surface area contributed by atoms with Crippen LogP contribution in [0.25, 0.3) is 21.7 Å². The Kier molecular flexibility index (Phi) is 6.96. The fourth-order valence-electron chi connectivity index (χ4n) is 3.39. The van der Waals surface area contributed by atoms with Gasteiger partial charge in [0.05, 0.1) is 14.2 Å². The van der Waals surface area contributed by atoms with E-state index in [4.69, 9.17) is 21.0 Å². The molecule has 0 saturated heterocycles. The number of methoxy groups -OCH3 is 2. The summed E-state index contributed by atoms with van der Waals surface area (Å²) in [6.07, 6.45) is 6.51. The van der Waals surface area contributed by atoms with Gasteiger partial charge in [-0.05, 0) is 49.6 Å². The number of imidazole rings is 1. The van der Waals surface area contributed by atoms with Crippen LogP contribution in [-0.2, 0) is 0 Å². The summed E-state index contributed by atoms with van der Waals surface area (Å²) in [5.74, 6) is 2.39. The maximum absolute atomic E-state index is 5.48. The van der Waals surface area contributed by atoms with Gasteiger partial charge in [-0.1, -0.05) is 17.3 Å². The number of rotatable bonds is 10. The summed E-state index contributed by atoms with van der Waals surface area (Å²) >= 11 is 0.